The van der Waals surface area contributed by atoms with E-state index < -0.39 is 0 Å². The van der Waals surface area contributed by atoms with Crippen LogP contribution in [-0.2, 0) is 0 Å². The molecule has 3 nitrogen and oxygen atoms in total. The van der Waals surface area contributed by atoms with Gasteiger partial charge in [0.05, 0.1) is 21.3 Å². The van der Waals surface area contributed by atoms with Gasteiger partial charge >= 0.3 is 0 Å². The monoisotopic (exact) mass is 372 g/mol. The molecule has 0 amide bonds. The summed E-state index contributed by atoms with van der Waals surface area (Å²) in [7, 11) is 0. The third-order valence-corrected chi connectivity index (χ3v) is 4.56. The Balaban J connectivity index is 2.24. The number of benzene rings is 1. The molecule has 0 spiro atoms. The smallest absolute Gasteiger partial charge is 0.235 e. The van der Waals surface area contributed by atoms with E-state index in [1.54, 1.807) is 6.07 Å². The molecular weight excluding hydrogens is 369 g/mol. The first kappa shape index (κ1) is 15.8. The molecule has 8 heteroatoms. The van der Waals surface area contributed by atoms with Crippen molar-refractivity contribution in [1.29, 1.82) is 0 Å². The zero-order chi connectivity index (χ0) is 14.9. The molecule has 1 aromatic heterocycles. The lowest BCUT2D eigenvalue weighted by molar-refractivity contribution is 0.0894. The summed E-state index contributed by atoms with van der Waals surface area (Å²) in [6.07, 6.45) is 1.38. The number of rotatable bonds is 4. The van der Waals surface area contributed by atoms with Crippen LogP contribution in [0.15, 0.2) is 22.8 Å². The maximum absolute atomic E-state index is 11.7. The molecular formula is C12H5Cl5O3. The Kier molecular flexibility index (Phi) is 5.10. The van der Waals surface area contributed by atoms with Crippen molar-refractivity contribution in [3.8, 4) is 5.75 Å². The standard InChI is InChI=1S/C12H5Cl5O3/c13-7-8(14)10(16)12(11(17)9(7)15)20-4-5(18)6-2-1-3-19-6/h1-3H,4H2. The molecule has 0 fully saturated rings. The van der Waals surface area contributed by atoms with Crippen LogP contribution in [0.3, 0.4) is 0 Å². The van der Waals surface area contributed by atoms with Gasteiger partial charge in [-0.1, -0.05) is 58.0 Å². The molecule has 0 radical (unpaired) electrons. The predicted octanol–water partition coefficient (Wildman–Crippen LogP) is 5.81. The summed E-state index contributed by atoms with van der Waals surface area (Å²) in [5.41, 5.74) is 0. The molecule has 0 aliphatic heterocycles. The van der Waals surface area contributed by atoms with Crippen molar-refractivity contribution < 1.29 is 13.9 Å². The second-order valence-electron chi connectivity index (χ2n) is 3.59. The highest BCUT2D eigenvalue weighted by atomic mass is 35.5. The van der Waals surface area contributed by atoms with Gasteiger partial charge in [0.2, 0.25) is 5.78 Å². The first-order valence-electron chi connectivity index (χ1n) is 5.14. The zero-order valence-corrected chi connectivity index (χ0v) is 13.3. The van der Waals surface area contributed by atoms with Gasteiger partial charge in [0, 0.05) is 0 Å². The topological polar surface area (TPSA) is 39.4 Å². The zero-order valence-electron chi connectivity index (χ0n) is 9.55. The molecule has 106 valence electrons. The van der Waals surface area contributed by atoms with Gasteiger partial charge in [0.15, 0.2) is 18.1 Å². The molecule has 2 rings (SSSR count). The van der Waals surface area contributed by atoms with Crippen LogP contribution in [0.2, 0.25) is 25.1 Å². The number of halogens is 5. The average Bonchev–Trinajstić information content (AvgIpc) is 2.97. The molecule has 1 aromatic carbocycles. The summed E-state index contributed by atoms with van der Waals surface area (Å²) in [6, 6.07) is 3.10. The number of furan rings is 1. The van der Waals surface area contributed by atoms with Crippen LogP contribution in [-0.4, -0.2) is 12.4 Å². The van der Waals surface area contributed by atoms with Crippen LogP contribution in [0.5, 0.6) is 5.75 Å². The van der Waals surface area contributed by atoms with Gasteiger partial charge in [-0.05, 0) is 12.1 Å². The predicted molar refractivity (Wildman–Crippen MR) is 80.0 cm³/mol. The Bertz CT molecular complexity index is 623. The van der Waals surface area contributed by atoms with Gasteiger partial charge in [0.25, 0.3) is 0 Å². The number of ether oxygens (including phenoxy) is 1. The van der Waals surface area contributed by atoms with Gasteiger partial charge in [-0.25, -0.2) is 0 Å². The van der Waals surface area contributed by atoms with E-state index in [2.05, 4.69) is 0 Å². The summed E-state index contributed by atoms with van der Waals surface area (Å²) in [6.45, 7) is -0.332. The lowest BCUT2D eigenvalue weighted by Crippen LogP contribution is -2.11. The molecule has 20 heavy (non-hydrogen) atoms. The van der Waals surface area contributed by atoms with Crippen LogP contribution < -0.4 is 4.74 Å². The maximum atomic E-state index is 11.7. The molecule has 0 aliphatic carbocycles. The van der Waals surface area contributed by atoms with Crippen LogP contribution in [0.4, 0.5) is 0 Å². The summed E-state index contributed by atoms with van der Waals surface area (Å²) in [4.78, 5) is 11.7. The van der Waals surface area contributed by atoms with Crippen LogP contribution in [0.1, 0.15) is 10.6 Å². The summed E-state index contributed by atoms with van der Waals surface area (Å²) in [5, 5.41) is -0.00368. The lowest BCUT2D eigenvalue weighted by Gasteiger charge is -2.12. The van der Waals surface area contributed by atoms with Crippen molar-refractivity contribution in [1.82, 2.24) is 0 Å². The fourth-order valence-electron chi connectivity index (χ4n) is 1.36. The molecule has 0 atom stereocenters. The second kappa shape index (κ2) is 6.46. The van der Waals surface area contributed by atoms with Crippen molar-refractivity contribution in [2.24, 2.45) is 0 Å². The van der Waals surface area contributed by atoms with E-state index in [0.717, 1.165) is 0 Å². The number of carbonyl (C=O) groups is 1. The van der Waals surface area contributed by atoms with Crippen LogP contribution in [0, 0.1) is 0 Å². The molecule has 2 aromatic rings. The molecule has 0 saturated carbocycles. The molecule has 0 aliphatic rings. The highest BCUT2D eigenvalue weighted by Gasteiger charge is 2.21. The van der Waals surface area contributed by atoms with E-state index >= 15 is 0 Å². The molecule has 0 unspecified atom stereocenters. The van der Waals surface area contributed by atoms with Gasteiger partial charge in [-0.2, -0.15) is 0 Å². The Hall–Kier alpha value is -0.580. The number of hydrogen-bond donors (Lipinski definition) is 0. The first-order chi connectivity index (χ1) is 9.43. The van der Waals surface area contributed by atoms with E-state index in [-0.39, 0.29) is 49.0 Å². The Morgan fingerprint density at radius 1 is 1.00 bits per heavy atom. The lowest BCUT2D eigenvalue weighted by atomic mass is 10.3. The maximum Gasteiger partial charge on any atom is 0.235 e. The number of hydrogen-bond acceptors (Lipinski definition) is 3. The number of Topliss-reactive ketones (excluding diaryl/α,β-unsaturated/α-hetero) is 1. The third-order valence-electron chi connectivity index (χ3n) is 2.31. The van der Waals surface area contributed by atoms with Gasteiger partial charge in [-0.15, -0.1) is 0 Å². The van der Waals surface area contributed by atoms with Gasteiger partial charge < -0.3 is 9.15 Å². The Morgan fingerprint density at radius 2 is 1.55 bits per heavy atom. The van der Waals surface area contributed by atoms with E-state index in [1.165, 1.54) is 12.3 Å². The highest BCUT2D eigenvalue weighted by molar-refractivity contribution is 6.55. The van der Waals surface area contributed by atoms with Gasteiger partial charge in [0.1, 0.15) is 10.0 Å². The number of carbonyl (C=O) groups excluding carboxylic acids is 1. The fraction of sp³-hybridized carbons (Fsp3) is 0.0833. The van der Waals surface area contributed by atoms with Crippen LogP contribution in [0.25, 0.3) is 0 Å². The summed E-state index contributed by atoms with van der Waals surface area (Å²) in [5.74, 6) is -0.236. The minimum atomic E-state index is -0.385. The Morgan fingerprint density at radius 3 is 2.05 bits per heavy atom. The Labute approximate surface area is 139 Å². The van der Waals surface area contributed by atoms with E-state index in [1.807, 2.05) is 0 Å². The molecule has 1 heterocycles. The SMILES string of the molecule is O=C(COc1c(Cl)c(Cl)c(Cl)c(Cl)c1Cl)c1ccco1. The third kappa shape index (κ3) is 3.02. The summed E-state index contributed by atoms with van der Waals surface area (Å²) < 4.78 is 10.2. The van der Waals surface area contributed by atoms with Crippen molar-refractivity contribution in [2.75, 3.05) is 6.61 Å². The fourth-order valence-corrected chi connectivity index (χ4v) is 2.59. The largest absolute Gasteiger partial charge is 0.482 e. The summed E-state index contributed by atoms with van der Waals surface area (Å²) >= 11 is 29.5. The molecule has 0 N–H and O–H groups in total. The van der Waals surface area contributed by atoms with E-state index in [9.17, 15) is 4.79 Å². The number of ketones is 1. The average molecular weight is 374 g/mol. The quantitative estimate of drug-likeness (QED) is 0.385. The van der Waals surface area contributed by atoms with Gasteiger partial charge in [-0.3, -0.25) is 4.79 Å². The van der Waals surface area contributed by atoms with E-state index in [0.29, 0.717) is 0 Å². The normalized spacial score (nSPS) is 10.7. The van der Waals surface area contributed by atoms with Crippen molar-refractivity contribution in [2.45, 2.75) is 0 Å². The molecule has 0 bridgehead atoms. The highest BCUT2D eigenvalue weighted by Crippen LogP contribution is 2.48. The van der Waals surface area contributed by atoms with E-state index in [4.69, 9.17) is 67.2 Å². The second-order valence-corrected chi connectivity index (χ2v) is 5.48. The molecule has 0 saturated heterocycles. The van der Waals surface area contributed by atoms with Crippen molar-refractivity contribution in [3.05, 3.63) is 49.3 Å². The van der Waals surface area contributed by atoms with Crippen molar-refractivity contribution >= 4 is 63.8 Å². The first-order valence-corrected chi connectivity index (χ1v) is 7.03. The van der Waals surface area contributed by atoms with Crippen LogP contribution >= 0.6 is 58.0 Å². The van der Waals surface area contributed by atoms with Crippen molar-refractivity contribution in [3.63, 3.8) is 0 Å². The minimum absolute atomic E-state index is 0.00295. The minimum Gasteiger partial charge on any atom is -0.482 e.